The minimum atomic E-state index is -0.502. The average Bonchev–Trinajstić information content (AvgIpc) is 2.45. The molecule has 0 aromatic heterocycles. The smallest absolute Gasteiger partial charge is 0.262 e. The van der Waals surface area contributed by atoms with Crippen LogP contribution in [0.2, 0.25) is 0 Å². The zero-order valence-corrected chi connectivity index (χ0v) is 11.7. The summed E-state index contributed by atoms with van der Waals surface area (Å²) in [5.41, 5.74) is 1.51. The second kappa shape index (κ2) is 5.92. The number of ether oxygens (including phenoxy) is 2. The lowest BCUT2D eigenvalue weighted by molar-refractivity contribution is -0.130. The highest BCUT2D eigenvalue weighted by molar-refractivity contribution is 5.95. The zero-order valence-electron chi connectivity index (χ0n) is 11.7. The van der Waals surface area contributed by atoms with Gasteiger partial charge in [0.25, 0.3) is 5.91 Å². The fraction of sp³-hybridized carbons (Fsp3) is 0.429. The Bertz CT molecular complexity index is 530. The summed E-state index contributed by atoms with van der Waals surface area (Å²) in [7, 11) is 1.49. The van der Waals surface area contributed by atoms with E-state index in [0.717, 1.165) is 5.56 Å². The van der Waals surface area contributed by atoms with Crippen LogP contribution in [0.5, 0.6) is 5.75 Å². The summed E-state index contributed by atoms with van der Waals surface area (Å²) in [5.74, 6) is 0.273. The number of methoxy groups -OCH3 is 1. The van der Waals surface area contributed by atoms with Crippen molar-refractivity contribution >= 4 is 17.5 Å². The summed E-state index contributed by atoms with van der Waals surface area (Å²) in [5, 5.41) is 5.59. The normalized spacial score (nSPS) is 16.4. The summed E-state index contributed by atoms with van der Waals surface area (Å²) in [6.07, 6.45) is -0.502. The number of hydrogen-bond acceptors (Lipinski definition) is 4. The van der Waals surface area contributed by atoms with E-state index in [1.807, 2.05) is 13.0 Å². The molecule has 2 N–H and O–H groups in total. The van der Waals surface area contributed by atoms with Crippen molar-refractivity contribution in [1.82, 2.24) is 5.32 Å². The molecule has 0 aliphatic carbocycles. The van der Waals surface area contributed by atoms with E-state index < -0.39 is 6.10 Å². The van der Waals surface area contributed by atoms with E-state index in [1.54, 1.807) is 19.1 Å². The highest BCUT2D eigenvalue weighted by Crippen LogP contribution is 2.30. The third kappa shape index (κ3) is 3.08. The number of benzene rings is 1. The lowest BCUT2D eigenvalue weighted by Crippen LogP contribution is -2.35. The minimum Gasteiger partial charge on any atom is -0.482 e. The zero-order chi connectivity index (χ0) is 14.7. The molecule has 2 amide bonds. The molecule has 6 nitrogen and oxygen atoms in total. The van der Waals surface area contributed by atoms with E-state index in [2.05, 4.69) is 10.6 Å². The van der Waals surface area contributed by atoms with Crippen molar-refractivity contribution in [3.8, 4) is 5.75 Å². The number of rotatable bonds is 4. The highest BCUT2D eigenvalue weighted by atomic mass is 16.5. The second-order valence-electron chi connectivity index (χ2n) is 4.70. The first-order chi connectivity index (χ1) is 9.51. The molecule has 0 radical (unpaired) electrons. The summed E-state index contributed by atoms with van der Waals surface area (Å²) >= 11 is 0. The van der Waals surface area contributed by atoms with E-state index in [0.29, 0.717) is 11.4 Å². The number of hydrogen-bond donors (Lipinski definition) is 2. The van der Waals surface area contributed by atoms with Crippen LogP contribution in [0.3, 0.4) is 0 Å². The molecule has 2 unspecified atom stereocenters. The molecule has 1 heterocycles. The fourth-order valence-electron chi connectivity index (χ4n) is 1.89. The predicted molar refractivity (Wildman–Crippen MR) is 73.6 cm³/mol. The molecule has 1 aromatic rings. The third-order valence-corrected chi connectivity index (χ3v) is 3.22. The van der Waals surface area contributed by atoms with Gasteiger partial charge in [-0.25, -0.2) is 0 Å². The van der Waals surface area contributed by atoms with Crippen LogP contribution in [-0.4, -0.2) is 31.6 Å². The van der Waals surface area contributed by atoms with Gasteiger partial charge in [0.1, 0.15) is 11.9 Å². The van der Waals surface area contributed by atoms with Crippen LogP contribution in [0.1, 0.15) is 25.5 Å². The van der Waals surface area contributed by atoms with Crippen LogP contribution in [-0.2, 0) is 14.3 Å². The molecule has 0 bridgehead atoms. The van der Waals surface area contributed by atoms with Gasteiger partial charge in [-0.05, 0) is 31.5 Å². The van der Waals surface area contributed by atoms with Crippen LogP contribution < -0.4 is 15.4 Å². The maximum Gasteiger partial charge on any atom is 0.262 e. The van der Waals surface area contributed by atoms with Crippen LogP contribution in [0.15, 0.2) is 18.2 Å². The predicted octanol–water partition coefficient (Wildman–Crippen LogP) is 1.23. The Hall–Kier alpha value is -2.08. The summed E-state index contributed by atoms with van der Waals surface area (Å²) in [4.78, 5) is 23.1. The molecule has 0 saturated carbocycles. The lowest BCUT2D eigenvalue weighted by Gasteiger charge is -2.21. The molecule has 1 aromatic carbocycles. The van der Waals surface area contributed by atoms with Gasteiger partial charge >= 0.3 is 0 Å². The molecule has 108 valence electrons. The Morgan fingerprint density at radius 1 is 1.45 bits per heavy atom. The Balaban J connectivity index is 2.11. The largest absolute Gasteiger partial charge is 0.482 e. The molecule has 6 heteroatoms. The molecule has 20 heavy (non-hydrogen) atoms. The molecule has 0 fully saturated rings. The fourth-order valence-corrected chi connectivity index (χ4v) is 1.89. The highest BCUT2D eigenvalue weighted by Gasteiger charge is 2.19. The average molecular weight is 278 g/mol. The SMILES string of the molecule is COC(C)C(=O)NC(C)c1ccc2c(c1)NC(=O)CO2. The molecule has 2 rings (SSSR count). The Morgan fingerprint density at radius 2 is 2.20 bits per heavy atom. The van der Waals surface area contributed by atoms with Gasteiger partial charge in [-0.1, -0.05) is 6.07 Å². The quantitative estimate of drug-likeness (QED) is 0.868. The second-order valence-corrected chi connectivity index (χ2v) is 4.70. The molecule has 0 spiro atoms. The standard InChI is InChI=1S/C14H18N2O4/c1-8(15-14(18)9(2)19-3)10-4-5-12-11(6-10)16-13(17)7-20-12/h4-6,8-9H,7H2,1-3H3,(H,15,18)(H,16,17). The summed E-state index contributed by atoms with van der Waals surface area (Å²) in [6, 6.07) is 5.25. The minimum absolute atomic E-state index is 0.0317. The first-order valence-corrected chi connectivity index (χ1v) is 6.41. The Morgan fingerprint density at radius 3 is 2.90 bits per heavy atom. The monoisotopic (exact) mass is 278 g/mol. The van der Waals surface area contributed by atoms with Gasteiger partial charge in [0.05, 0.1) is 11.7 Å². The third-order valence-electron chi connectivity index (χ3n) is 3.22. The first kappa shape index (κ1) is 14.3. The topological polar surface area (TPSA) is 76.7 Å². The van der Waals surface area contributed by atoms with E-state index >= 15 is 0 Å². The number of carbonyl (C=O) groups excluding carboxylic acids is 2. The first-order valence-electron chi connectivity index (χ1n) is 6.41. The molecule has 2 atom stereocenters. The van der Waals surface area contributed by atoms with Gasteiger partial charge in [0, 0.05) is 7.11 Å². The van der Waals surface area contributed by atoms with Crippen LogP contribution >= 0.6 is 0 Å². The Kier molecular flexibility index (Phi) is 4.24. The van der Waals surface area contributed by atoms with Crippen molar-refractivity contribution in [1.29, 1.82) is 0 Å². The molecular weight excluding hydrogens is 260 g/mol. The van der Waals surface area contributed by atoms with Crippen molar-refractivity contribution in [2.45, 2.75) is 26.0 Å². The van der Waals surface area contributed by atoms with E-state index in [-0.39, 0.29) is 24.5 Å². The van der Waals surface area contributed by atoms with E-state index in [1.165, 1.54) is 7.11 Å². The van der Waals surface area contributed by atoms with Gasteiger partial charge in [-0.2, -0.15) is 0 Å². The number of amides is 2. The molecule has 0 saturated heterocycles. The van der Waals surface area contributed by atoms with Gasteiger partial charge < -0.3 is 20.1 Å². The van der Waals surface area contributed by atoms with Gasteiger partial charge in [-0.15, -0.1) is 0 Å². The van der Waals surface area contributed by atoms with Gasteiger partial charge in [0.15, 0.2) is 6.61 Å². The van der Waals surface area contributed by atoms with Gasteiger partial charge in [0.2, 0.25) is 5.91 Å². The maximum absolute atomic E-state index is 11.8. The van der Waals surface area contributed by atoms with Crippen molar-refractivity contribution in [3.63, 3.8) is 0 Å². The van der Waals surface area contributed by atoms with Gasteiger partial charge in [-0.3, -0.25) is 9.59 Å². The van der Waals surface area contributed by atoms with Crippen molar-refractivity contribution in [2.24, 2.45) is 0 Å². The number of carbonyl (C=O) groups is 2. The molecular formula is C14H18N2O4. The van der Waals surface area contributed by atoms with Crippen LogP contribution in [0, 0.1) is 0 Å². The van der Waals surface area contributed by atoms with Crippen LogP contribution in [0.4, 0.5) is 5.69 Å². The number of fused-ring (bicyclic) bond motifs is 1. The summed E-state index contributed by atoms with van der Waals surface area (Å²) in [6.45, 7) is 3.58. The Labute approximate surface area is 117 Å². The lowest BCUT2D eigenvalue weighted by atomic mass is 10.1. The number of nitrogens with one attached hydrogen (secondary N) is 2. The molecule has 1 aliphatic rings. The number of anilines is 1. The summed E-state index contributed by atoms with van der Waals surface area (Å²) < 4.78 is 10.3. The van der Waals surface area contributed by atoms with Crippen molar-refractivity contribution in [3.05, 3.63) is 23.8 Å². The van der Waals surface area contributed by atoms with E-state index in [4.69, 9.17) is 9.47 Å². The van der Waals surface area contributed by atoms with Crippen molar-refractivity contribution in [2.75, 3.05) is 19.0 Å². The maximum atomic E-state index is 11.8. The van der Waals surface area contributed by atoms with Crippen molar-refractivity contribution < 1.29 is 19.1 Å². The van der Waals surface area contributed by atoms with Crippen LogP contribution in [0.25, 0.3) is 0 Å². The molecule has 1 aliphatic heterocycles. The van der Waals surface area contributed by atoms with E-state index in [9.17, 15) is 9.59 Å².